The van der Waals surface area contributed by atoms with Crippen LogP contribution in [-0.4, -0.2) is 57.5 Å². The second kappa shape index (κ2) is 5.62. The van der Waals surface area contributed by atoms with Crippen molar-refractivity contribution in [3.05, 3.63) is 17.5 Å². The first kappa shape index (κ1) is 14.5. The first-order chi connectivity index (χ1) is 9.40. The summed E-state index contributed by atoms with van der Waals surface area (Å²) in [7, 11) is 1.80. The van der Waals surface area contributed by atoms with E-state index in [1.807, 2.05) is 13.8 Å². The van der Waals surface area contributed by atoms with E-state index in [4.69, 9.17) is 9.84 Å². The van der Waals surface area contributed by atoms with Crippen molar-refractivity contribution in [1.82, 2.24) is 14.7 Å². The quantitative estimate of drug-likeness (QED) is 0.870. The summed E-state index contributed by atoms with van der Waals surface area (Å²) in [6.45, 7) is 4.73. The second-order valence-electron chi connectivity index (χ2n) is 5.18. The molecule has 1 aliphatic rings. The fraction of sp³-hybridized carbons (Fsp3) is 0.615. The predicted molar refractivity (Wildman–Crippen MR) is 70.6 cm³/mol. The number of hydrogen-bond acceptors (Lipinski definition) is 4. The zero-order chi connectivity index (χ0) is 14.9. The van der Waals surface area contributed by atoms with Gasteiger partial charge in [0.2, 0.25) is 0 Å². The minimum Gasteiger partial charge on any atom is -0.479 e. The van der Waals surface area contributed by atoms with Gasteiger partial charge in [-0.3, -0.25) is 9.48 Å². The Bertz CT molecular complexity index is 524. The van der Waals surface area contributed by atoms with Crippen LogP contribution in [0.5, 0.6) is 0 Å². The van der Waals surface area contributed by atoms with E-state index in [0.717, 1.165) is 5.69 Å². The third-order valence-electron chi connectivity index (χ3n) is 3.36. The fourth-order valence-corrected chi connectivity index (χ4v) is 2.27. The number of amides is 1. The number of nitrogens with zero attached hydrogens (tertiary/aromatic N) is 3. The van der Waals surface area contributed by atoms with Crippen molar-refractivity contribution >= 4 is 11.9 Å². The van der Waals surface area contributed by atoms with Crippen LogP contribution >= 0.6 is 0 Å². The lowest BCUT2D eigenvalue weighted by Crippen LogP contribution is -2.48. The minimum atomic E-state index is -1.05. The number of carbonyl (C=O) groups excluding carboxylic acids is 1. The topological polar surface area (TPSA) is 84.7 Å². The molecule has 1 aromatic heterocycles. The number of hydrogen-bond donors (Lipinski definition) is 1. The zero-order valence-electron chi connectivity index (χ0n) is 11.9. The molecule has 2 heterocycles. The van der Waals surface area contributed by atoms with Gasteiger partial charge in [-0.2, -0.15) is 5.10 Å². The molecule has 0 aromatic carbocycles. The van der Waals surface area contributed by atoms with Crippen molar-refractivity contribution in [2.75, 3.05) is 19.7 Å². The summed E-state index contributed by atoms with van der Waals surface area (Å²) in [4.78, 5) is 24.8. The molecule has 1 atom stereocenters. The summed E-state index contributed by atoms with van der Waals surface area (Å²) >= 11 is 0. The summed E-state index contributed by atoms with van der Waals surface area (Å²) < 4.78 is 6.79. The Labute approximate surface area is 117 Å². The second-order valence-corrected chi connectivity index (χ2v) is 5.18. The van der Waals surface area contributed by atoms with E-state index >= 15 is 0 Å². The van der Waals surface area contributed by atoms with Gasteiger partial charge < -0.3 is 14.7 Å². The number of aliphatic carboxylic acids is 1. The first-order valence-corrected chi connectivity index (χ1v) is 6.57. The molecule has 7 nitrogen and oxygen atoms in total. The first-order valence-electron chi connectivity index (χ1n) is 6.57. The predicted octanol–water partition coefficient (Wildman–Crippen LogP) is 0.469. The van der Waals surface area contributed by atoms with Crippen molar-refractivity contribution in [1.29, 1.82) is 0 Å². The Hall–Kier alpha value is -1.89. The van der Waals surface area contributed by atoms with Crippen LogP contribution in [0, 0.1) is 0 Å². The van der Waals surface area contributed by atoms with Crippen LogP contribution in [0.2, 0.25) is 0 Å². The maximum Gasteiger partial charge on any atom is 0.334 e. The molecule has 0 unspecified atom stereocenters. The van der Waals surface area contributed by atoms with E-state index < -0.39 is 12.1 Å². The van der Waals surface area contributed by atoms with E-state index in [1.165, 1.54) is 4.90 Å². The largest absolute Gasteiger partial charge is 0.479 e. The highest BCUT2D eigenvalue weighted by Gasteiger charge is 2.30. The molecule has 7 heteroatoms. The smallest absolute Gasteiger partial charge is 0.334 e. The summed E-state index contributed by atoms with van der Waals surface area (Å²) in [5, 5.41) is 13.2. The summed E-state index contributed by atoms with van der Waals surface area (Å²) in [5.41, 5.74) is 1.32. The zero-order valence-corrected chi connectivity index (χ0v) is 11.9. The number of rotatable bonds is 3. The molecule has 1 aliphatic heterocycles. The van der Waals surface area contributed by atoms with Gasteiger partial charge in [-0.15, -0.1) is 0 Å². The SMILES string of the molecule is CC(C)c1cc(C(=O)N2CCO[C@H](C(=O)O)C2)nn1C. The van der Waals surface area contributed by atoms with Gasteiger partial charge in [0, 0.05) is 19.3 Å². The lowest BCUT2D eigenvalue weighted by molar-refractivity contribution is -0.154. The Morgan fingerprint density at radius 1 is 1.50 bits per heavy atom. The van der Waals surface area contributed by atoms with Gasteiger partial charge in [0.15, 0.2) is 11.8 Å². The minimum absolute atomic E-state index is 0.0573. The highest BCUT2D eigenvalue weighted by Crippen LogP contribution is 2.17. The number of morpholine rings is 1. The van der Waals surface area contributed by atoms with Crippen molar-refractivity contribution in [3.63, 3.8) is 0 Å². The van der Waals surface area contributed by atoms with Gasteiger partial charge in [-0.05, 0) is 12.0 Å². The molecule has 1 saturated heterocycles. The molecule has 1 fully saturated rings. The third kappa shape index (κ3) is 2.82. The van der Waals surface area contributed by atoms with Gasteiger partial charge >= 0.3 is 5.97 Å². The molecular formula is C13H19N3O4. The van der Waals surface area contributed by atoms with E-state index in [0.29, 0.717) is 12.2 Å². The van der Waals surface area contributed by atoms with Crippen LogP contribution in [0.25, 0.3) is 0 Å². The van der Waals surface area contributed by atoms with Crippen LogP contribution in [-0.2, 0) is 16.6 Å². The summed E-state index contributed by atoms with van der Waals surface area (Å²) in [6.07, 6.45) is -0.957. The highest BCUT2D eigenvalue weighted by atomic mass is 16.5. The van der Waals surface area contributed by atoms with Crippen LogP contribution in [0.15, 0.2) is 6.07 Å². The molecule has 0 radical (unpaired) electrons. The van der Waals surface area contributed by atoms with Crippen molar-refractivity contribution in [2.45, 2.75) is 25.9 Å². The maximum atomic E-state index is 12.4. The van der Waals surface area contributed by atoms with Crippen molar-refractivity contribution in [3.8, 4) is 0 Å². The van der Waals surface area contributed by atoms with Crippen molar-refractivity contribution in [2.24, 2.45) is 7.05 Å². The summed E-state index contributed by atoms with van der Waals surface area (Å²) in [5.74, 6) is -1.03. The fourth-order valence-electron chi connectivity index (χ4n) is 2.27. The standard InChI is InChI=1S/C13H19N3O4/c1-8(2)10-6-9(14-15(10)3)12(17)16-4-5-20-11(7-16)13(18)19/h6,8,11H,4-5,7H2,1-3H3,(H,18,19)/t11-/m0/s1. The van der Waals surface area contributed by atoms with Gasteiger partial charge in [-0.1, -0.05) is 13.8 Å². The molecule has 0 saturated carbocycles. The number of aromatic nitrogens is 2. The van der Waals surface area contributed by atoms with E-state index in [9.17, 15) is 9.59 Å². The number of carboxylic acid groups (broad SMARTS) is 1. The van der Waals surface area contributed by atoms with Gasteiger partial charge in [0.05, 0.1) is 13.2 Å². The van der Waals surface area contributed by atoms with Gasteiger partial charge in [-0.25, -0.2) is 4.79 Å². The molecule has 20 heavy (non-hydrogen) atoms. The average Bonchev–Trinajstić information content (AvgIpc) is 2.80. The third-order valence-corrected chi connectivity index (χ3v) is 3.36. The van der Waals surface area contributed by atoms with Crippen LogP contribution in [0.1, 0.15) is 35.9 Å². The lowest BCUT2D eigenvalue weighted by atomic mass is 10.1. The van der Waals surface area contributed by atoms with E-state index in [2.05, 4.69) is 5.10 Å². The molecule has 1 amide bonds. The summed E-state index contributed by atoms with van der Waals surface area (Å²) in [6, 6.07) is 1.76. The lowest BCUT2D eigenvalue weighted by Gasteiger charge is -2.30. The molecule has 1 N–H and O–H groups in total. The number of carboxylic acids is 1. The molecule has 1 aromatic rings. The van der Waals surface area contributed by atoms with Crippen LogP contribution in [0.4, 0.5) is 0 Å². The Kier molecular flexibility index (Phi) is 4.08. The Morgan fingerprint density at radius 2 is 2.20 bits per heavy atom. The van der Waals surface area contributed by atoms with Crippen molar-refractivity contribution < 1.29 is 19.4 Å². The van der Waals surface area contributed by atoms with E-state index in [-0.39, 0.29) is 25.0 Å². The molecule has 0 aliphatic carbocycles. The molecule has 2 rings (SSSR count). The molecule has 0 bridgehead atoms. The van der Waals surface area contributed by atoms with Gasteiger partial charge in [0.25, 0.3) is 5.91 Å². The normalized spacial score (nSPS) is 19.4. The Morgan fingerprint density at radius 3 is 2.75 bits per heavy atom. The average molecular weight is 281 g/mol. The molecule has 0 spiro atoms. The van der Waals surface area contributed by atoms with Gasteiger partial charge in [0.1, 0.15) is 0 Å². The molecule has 110 valence electrons. The number of aryl methyl sites for hydroxylation is 1. The maximum absolute atomic E-state index is 12.4. The monoisotopic (exact) mass is 281 g/mol. The van der Waals surface area contributed by atoms with Crippen LogP contribution < -0.4 is 0 Å². The Balaban J connectivity index is 2.14. The van der Waals surface area contributed by atoms with Crippen LogP contribution in [0.3, 0.4) is 0 Å². The molecular weight excluding hydrogens is 262 g/mol. The number of carbonyl (C=O) groups is 2. The highest BCUT2D eigenvalue weighted by molar-refractivity contribution is 5.93. The van der Waals surface area contributed by atoms with E-state index in [1.54, 1.807) is 17.8 Å². The number of ether oxygens (including phenoxy) is 1.